The van der Waals surface area contributed by atoms with Crippen LogP contribution in [0.3, 0.4) is 0 Å². The molecule has 0 saturated heterocycles. The van der Waals surface area contributed by atoms with Crippen LogP contribution in [0.15, 0.2) is 45.8 Å². The third kappa shape index (κ3) is 6.11. The predicted molar refractivity (Wildman–Crippen MR) is 105 cm³/mol. The largest absolute Gasteiger partial charge is 0.455 e. The molecule has 0 radical (unpaired) electrons. The van der Waals surface area contributed by atoms with Crippen LogP contribution in [0, 0.1) is 19.7 Å². The van der Waals surface area contributed by atoms with Crippen LogP contribution in [-0.2, 0) is 24.3 Å². The summed E-state index contributed by atoms with van der Waals surface area (Å²) in [5.41, 5.74) is 1.66. The van der Waals surface area contributed by atoms with Gasteiger partial charge in [-0.25, -0.2) is 12.8 Å². The summed E-state index contributed by atoms with van der Waals surface area (Å²) < 4.78 is 45.4. The zero-order valence-corrected chi connectivity index (χ0v) is 17.5. The Labute approximate surface area is 170 Å². The summed E-state index contributed by atoms with van der Waals surface area (Å²) in [4.78, 5) is 23.5. The zero-order valence-electron chi connectivity index (χ0n) is 15.1. The number of ether oxygens (including phenoxy) is 1. The Balaban J connectivity index is 1.84. The molecule has 0 bridgehead atoms. The lowest BCUT2D eigenvalue weighted by molar-refractivity contribution is -0.146. The van der Waals surface area contributed by atoms with E-state index in [-0.39, 0.29) is 10.6 Å². The molecule has 2 N–H and O–H groups in total. The van der Waals surface area contributed by atoms with E-state index in [1.807, 2.05) is 6.92 Å². The Hall–Kier alpha value is -2.30. The number of carbonyl (C=O) groups excluding carboxylic acids is 2. The van der Waals surface area contributed by atoms with E-state index in [1.54, 1.807) is 13.0 Å². The smallest absolute Gasteiger partial charge is 0.321 e. The molecule has 2 rings (SSSR count). The van der Waals surface area contributed by atoms with E-state index in [1.165, 1.54) is 30.3 Å². The van der Waals surface area contributed by atoms with Crippen molar-refractivity contribution in [2.45, 2.75) is 18.7 Å². The molecule has 0 saturated carbocycles. The first-order chi connectivity index (χ1) is 13.1. The summed E-state index contributed by atoms with van der Waals surface area (Å²) in [5, 5.41) is 2.25. The lowest BCUT2D eigenvalue weighted by Crippen LogP contribution is -2.32. The van der Waals surface area contributed by atoms with Crippen LogP contribution in [0.25, 0.3) is 0 Å². The second kappa shape index (κ2) is 9.26. The van der Waals surface area contributed by atoms with Crippen molar-refractivity contribution in [3.05, 3.63) is 57.8 Å². The van der Waals surface area contributed by atoms with Gasteiger partial charge in [-0.3, -0.25) is 9.59 Å². The van der Waals surface area contributed by atoms with Crippen LogP contribution in [0.1, 0.15) is 11.1 Å². The lowest BCUT2D eigenvalue weighted by Gasteiger charge is -2.10. The summed E-state index contributed by atoms with van der Waals surface area (Å²) in [5.74, 6) is -2.36. The molecule has 0 aromatic heterocycles. The number of carbonyl (C=O) groups is 2. The van der Waals surface area contributed by atoms with E-state index < -0.39 is 40.9 Å². The van der Waals surface area contributed by atoms with Crippen molar-refractivity contribution in [2.24, 2.45) is 0 Å². The van der Waals surface area contributed by atoms with Crippen LogP contribution < -0.4 is 10.0 Å². The summed E-state index contributed by atoms with van der Waals surface area (Å²) in [6, 6.07) is 8.62. The molecular weight excluding hydrogens is 455 g/mol. The molecule has 0 aliphatic heterocycles. The third-order valence-corrected chi connectivity index (χ3v) is 5.66. The second-order valence-corrected chi connectivity index (χ2v) is 8.59. The molecule has 28 heavy (non-hydrogen) atoms. The molecule has 0 atom stereocenters. The number of hydrogen-bond donors (Lipinski definition) is 2. The highest BCUT2D eigenvalue weighted by Gasteiger charge is 2.17. The quantitative estimate of drug-likeness (QED) is 0.603. The summed E-state index contributed by atoms with van der Waals surface area (Å²) >= 11 is 3.09. The standard InChI is InChI=1S/C18H18BrFN2O5S/c1-11-3-5-14(7-12(11)2)28(25,26)21-9-18(24)27-10-17(23)22-16-6-4-13(19)8-15(16)20/h3-8,21H,9-10H2,1-2H3,(H,22,23). The number of amides is 1. The van der Waals surface area contributed by atoms with Gasteiger partial charge in [-0.2, -0.15) is 4.72 Å². The number of esters is 1. The number of hydrogen-bond acceptors (Lipinski definition) is 5. The first kappa shape index (κ1) is 22.0. The maximum atomic E-state index is 13.6. The van der Waals surface area contributed by atoms with E-state index >= 15 is 0 Å². The average molecular weight is 473 g/mol. The van der Waals surface area contributed by atoms with Gasteiger partial charge in [0.2, 0.25) is 10.0 Å². The van der Waals surface area contributed by atoms with Crippen LogP contribution in [0.5, 0.6) is 0 Å². The highest BCUT2D eigenvalue weighted by Crippen LogP contribution is 2.19. The number of nitrogens with one attached hydrogen (secondary N) is 2. The number of aryl methyl sites for hydroxylation is 2. The van der Waals surface area contributed by atoms with Crippen LogP contribution in [0.4, 0.5) is 10.1 Å². The summed E-state index contributed by atoms with van der Waals surface area (Å²) in [7, 11) is -3.90. The fourth-order valence-electron chi connectivity index (χ4n) is 2.09. The average Bonchev–Trinajstić information content (AvgIpc) is 2.63. The van der Waals surface area contributed by atoms with Gasteiger partial charge in [0.05, 0.1) is 10.6 Å². The zero-order chi connectivity index (χ0) is 20.9. The molecule has 0 unspecified atom stereocenters. The van der Waals surface area contributed by atoms with Crippen molar-refractivity contribution in [3.63, 3.8) is 0 Å². The minimum Gasteiger partial charge on any atom is -0.455 e. The highest BCUT2D eigenvalue weighted by molar-refractivity contribution is 9.10. The van der Waals surface area contributed by atoms with Crippen LogP contribution in [-0.4, -0.2) is 33.4 Å². The fourth-order valence-corrected chi connectivity index (χ4v) is 3.48. The number of halogens is 2. The monoisotopic (exact) mass is 472 g/mol. The summed E-state index contributed by atoms with van der Waals surface area (Å²) in [6.45, 7) is 2.30. The molecule has 0 fully saturated rings. The van der Waals surface area contributed by atoms with E-state index in [4.69, 9.17) is 4.74 Å². The van der Waals surface area contributed by atoms with Gasteiger partial charge < -0.3 is 10.1 Å². The SMILES string of the molecule is Cc1ccc(S(=O)(=O)NCC(=O)OCC(=O)Nc2ccc(Br)cc2F)cc1C. The van der Waals surface area contributed by atoms with Crippen molar-refractivity contribution >= 4 is 43.5 Å². The normalized spacial score (nSPS) is 11.1. The molecule has 2 aromatic rings. The molecule has 2 aromatic carbocycles. The van der Waals surface area contributed by atoms with Gasteiger partial charge in [0.25, 0.3) is 5.91 Å². The maximum absolute atomic E-state index is 13.6. The Morgan fingerprint density at radius 1 is 1.11 bits per heavy atom. The Morgan fingerprint density at radius 3 is 2.46 bits per heavy atom. The van der Waals surface area contributed by atoms with Gasteiger partial charge in [-0.1, -0.05) is 22.0 Å². The van der Waals surface area contributed by atoms with E-state index in [0.717, 1.165) is 11.1 Å². The molecule has 0 heterocycles. The third-order valence-electron chi connectivity index (χ3n) is 3.76. The molecule has 0 aliphatic rings. The van der Waals surface area contributed by atoms with Crippen molar-refractivity contribution in [1.82, 2.24) is 4.72 Å². The van der Waals surface area contributed by atoms with Crippen molar-refractivity contribution < 1.29 is 27.1 Å². The van der Waals surface area contributed by atoms with E-state index in [0.29, 0.717) is 4.47 Å². The first-order valence-corrected chi connectivity index (χ1v) is 10.3. The summed E-state index contributed by atoms with van der Waals surface area (Å²) in [6.07, 6.45) is 0. The van der Waals surface area contributed by atoms with Crippen molar-refractivity contribution in [3.8, 4) is 0 Å². The molecule has 7 nitrogen and oxygen atoms in total. The van der Waals surface area contributed by atoms with Crippen molar-refractivity contribution in [2.75, 3.05) is 18.5 Å². The van der Waals surface area contributed by atoms with Gasteiger partial charge in [0.15, 0.2) is 6.61 Å². The predicted octanol–water partition coefficient (Wildman–Crippen LogP) is 2.67. The van der Waals surface area contributed by atoms with Gasteiger partial charge in [-0.05, 0) is 55.3 Å². The Kier molecular flexibility index (Phi) is 7.28. The highest BCUT2D eigenvalue weighted by atomic mass is 79.9. The van der Waals surface area contributed by atoms with Gasteiger partial charge in [0.1, 0.15) is 12.4 Å². The fraction of sp³-hybridized carbons (Fsp3) is 0.222. The molecule has 0 spiro atoms. The number of anilines is 1. The Bertz CT molecular complexity index is 1010. The van der Waals surface area contributed by atoms with E-state index in [9.17, 15) is 22.4 Å². The molecule has 1 amide bonds. The molecule has 0 aliphatic carbocycles. The Morgan fingerprint density at radius 2 is 1.82 bits per heavy atom. The van der Waals surface area contributed by atoms with Gasteiger partial charge >= 0.3 is 5.97 Å². The van der Waals surface area contributed by atoms with E-state index in [2.05, 4.69) is 26.0 Å². The minimum atomic E-state index is -3.90. The van der Waals surface area contributed by atoms with Crippen LogP contribution in [0.2, 0.25) is 0 Å². The maximum Gasteiger partial charge on any atom is 0.321 e. The van der Waals surface area contributed by atoms with Crippen LogP contribution >= 0.6 is 15.9 Å². The minimum absolute atomic E-state index is 0.0202. The van der Waals surface area contributed by atoms with Crippen molar-refractivity contribution in [1.29, 1.82) is 0 Å². The first-order valence-electron chi connectivity index (χ1n) is 8.06. The lowest BCUT2D eigenvalue weighted by atomic mass is 10.1. The number of rotatable bonds is 7. The molecule has 150 valence electrons. The van der Waals surface area contributed by atoms with Gasteiger partial charge in [-0.15, -0.1) is 0 Å². The van der Waals surface area contributed by atoms with Gasteiger partial charge in [0, 0.05) is 4.47 Å². The molecule has 10 heteroatoms. The number of sulfonamides is 1. The molecular formula is C18H18BrFN2O5S. The second-order valence-electron chi connectivity index (χ2n) is 5.90. The number of benzene rings is 2. The topological polar surface area (TPSA) is 102 Å².